The summed E-state index contributed by atoms with van der Waals surface area (Å²) in [6.45, 7) is 8.20. The molecule has 2 aromatic carbocycles. The standard InChI is InChI=1S/C24H32N2O3/c1-24(27,21-10-6-3-7-11-21)23(26-14-18-29-19-15-26)22(20-8-4-2-5-9-20)25-12-16-28-17-13-25/h2-11,22-23,27H,12-19H2,1H3/t22-,23-,24+/m1/s1. The van der Waals surface area contributed by atoms with E-state index in [0.29, 0.717) is 13.2 Å². The molecule has 0 amide bonds. The van der Waals surface area contributed by atoms with Crippen molar-refractivity contribution in [1.29, 1.82) is 0 Å². The molecule has 2 aliphatic rings. The molecule has 2 aliphatic heterocycles. The molecule has 2 fully saturated rings. The first-order valence-corrected chi connectivity index (χ1v) is 10.6. The second-order valence-electron chi connectivity index (χ2n) is 8.11. The third-order valence-corrected chi connectivity index (χ3v) is 6.25. The van der Waals surface area contributed by atoms with Crippen molar-refractivity contribution in [3.63, 3.8) is 0 Å². The second-order valence-corrected chi connectivity index (χ2v) is 8.11. The lowest BCUT2D eigenvalue weighted by Crippen LogP contribution is -2.60. The molecule has 0 spiro atoms. The molecule has 156 valence electrons. The van der Waals surface area contributed by atoms with Gasteiger partial charge in [-0.2, -0.15) is 0 Å². The van der Waals surface area contributed by atoms with E-state index >= 15 is 0 Å². The fraction of sp³-hybridized carbons (Fsp3) is 0.500. The quantitative estimate of drug-likeness (QED) is 0.813. The first kappa shape index (κ1) is 20.5. The van der Waals surface area contributed by atoms with Crippen LogP contribution >= 0.6 is 0 Å². The van der Waals surface area contributed by atoms with Crippen molar-refractivity contribution in [2.45, 2.75) is 24.6 Å². The summed E-state index contributed by atoms with van der Waals surface area (Å²) in [4.78, 5) is 4.90. The highest BCUT2D eigenvalue weighted by Gasteiger charge is 2.46. The number of nitrogens with zero attached hydrogens (tertiary/aromatic N) is 2. The van der Waals surface area contributed by atoms with Gasteiger partial charge < -0.3 is 14.6 Å². The van der Waals surface area contributed by atoms with E-state index in [9.17, 15) is 5.11 Å². The van der Waals surface area contributed by atoms with Crippen LogP contribution in [0.4, 0.5) is 0 Å². The zero-order chi connectivity index (χ0) is 20.1. The lowest BCUT2D eigenvalue weighted by atomic mass is 9.79. The molecule has 2 aromatic rings. The molecule has 2 heterocycles. The van der Waals surface area contributed by atoms with Crippen molar-refractivity contribution in [2.24, 2.45) is 0 Å². The maximum absolute atomic E-state index is 12.0. The van der Waals surface area contributed by atoms with Gasteiger partial charge in [0.2, 0.25) is 0 Å². The van der Waals surface area contributed by atoms with E-state index in [1.54, 1.807) is 0 Å². The number of rotatable bonds is 6. The van der Waals surface area contributed by atoms with Crippen molar-refractivity contribution >= 4 is 0 Å². The Morgan fingerprint density at radius 1 is 0.759 bits per heavy atom. The molecule has 0 aliphatic carbocycles. The zero-order valence-electron chi connectivity index (χ0n) is 17.2. The highest BCUT2D eigenvalue weighted by molar-refractivity contribution is 5.29. The van der Waals surface area contributed by atoms with E-state index in [1.165, 1.54) is 5.56 Å². The first-order chi connectivity index (χ1) is 14.2. The Balaban J connectivity index is 1.79. The minimum absolute atomic E-state index is 0.0633. The number of hydrogen-bond acceptors (Lipinski definition) is 5. The molecule has 1 N–H and O–H groups in total. The number of hydrogen-bond donors (Lipinski definition) is 1. The van der Waals surface area contributed by atoms with Gasteiger partial charge in [-0.3, -0.25) is 9.80 Å². The van der Waals surface area contributed by atoms with Crippen molar-refractivity contribution in [1.82, 2.24) is 9.80 Å². The molecule has 0 aromatic heterocycles. The topological polar surface area (TPSA) is 45.2 Å². The summed E-state index contributed by atoms with van der Waals surface area (Å²) < 4.78 is 11.3. The van der Waals surface area contributed by atoms with Crippen LogP contribution in [0.25, 0.3) is 0 Å². The third-order valence-electron chi connectivity index (χ3n) is 6.25. The maximum Gasteiger partial charge on any atom is 0.104 e. The lowest BCUT2D eigenvalue weighted by Gasteiger charge is -2.50. The summed E-state index contributed by atoms with van der Waals surface area (Å²) in [7, 11) is 0. The molecule has 5 nitrogen and oxygen atoms in total. The van der Waals surface area contributed by atoms with E-state index in [1.807, 2.05) is 37.3 Å². The molecular weight excluding hydrogens is 364 g/mol. The van der Waals surface area contributed by atoms with Gasteiger partial charge in [0.15, 0.2) is 0 Å². The molecule has 29 heavy (non-hydrogen) atoms. The van der Waals surface area contributed by atoms with Crippen LogP contribution in [0.3, 0.4) is 0 Å². The molecule has 0 saturated carbocycles. The van der Waals surface area contributed by atoms with Crippen molar-refractivity contribution < 1.29 is 14.6 Å². The summed E-state index contributed by atoms with van der Waals surface area (Å²) >= 11 is 0. The predicted molar refractivity (Wildman–Crippen MR) is 114 cm³/mol. The molecule has 0 bridgehead atoms. The van der Waals surface area contributed by atoms with Crippen molar-refractivity contribution in [3.8, 4) is 0 Å². The van der Waals surface area contributed by atoms with Crippen molar-refractivity contribution in [3.05, 3.63) is 71.8 Å². The van der Waals surface area contributed by atoms with Gasteiger partial charge in [-0.1, -0.05) is 60.7 Å². The molecule has 4 rings (SSSR count). The Bertz CT molecular complexity index is 741. The SMILES string of the molecule is C[C@](O)(c1ccccc1)[C@@H]([C@@H](c1ccccc1)N1CCOCC1)N1CCOCC1. The fourth-order valence-corrected chi connectivity index (χ4v) is 4.76. The molecule has 0 unspecified atom stereocenters. The van der Waals surface area contributed by atoms with E-state index < -0.39 is 5.60 Å². The Labute approximate surface area is 173 Å². The minimum atomic E-state index is -1.02. The van der Waals surface area contributed by atoms with Crippen LogP contribution in [0.2, 0.25) is 0 Å². The molecular formula is C24H32N2O3. The summed E-state index contributed by atoms with van der Waals surface area (Å²) in [6, 6.07) is 20.7. The average molecular weight is 397 g/mol. The molecule has 0 radical (unpaired) electrons. The van der Waals surface area contributed by atoms with Crippen LogP contribution < -0.4 is 0 Å². The van der Waals surface area contributed by atoms with Crippen LogP contribution in [-0.4, -0.2) is 73.6 Å². The van der Waals surface area contributed by atoms with Gasteiger partial charge in [0.05, 0.1) is 38.5 Å². The van der Waals surface area contributed by atoms with Crippen LogP contribution in [0.15, 0.2) is 60.7 Å². The van der Waals surface area contributed by atoms with Gasteiger partial charge in [-0.25, -0.2) is 0 Å². The van der Waals surface area contributed by atoms with Gasteiger partial charge in [0.1, 0.15) is 5.60 Å². The molecule has 5 heteroatoms. The van der Waals surface area contributed by atoms with Gasteiger partial charge in [-0.05, 0) is 18.1 Å². The largest absolute Gasteiger partial charge is 0.384 e. The highest BCUT2D eigenvalue weighted by Crippen LogP contribution is 2.39. The van der Waals surface area contributed by atoms with Crippen LogP contribution in [-0.2, 0) is 15.1 Å². The van der Waals surface area contributed by atoms with Gasteiger partial charge in [0, 0.05) is 26.2 Å². The Hall–Kier alpha value is -1.76. The van der Waals surface area contributed by atoms with Gasteiger partial charge in [-0.15, -0.1) is 0 Å². The number of aliphatic hydroxyl groups is 1. The van der Waals surface area contributed by atoms with E-state index in [0.717, 1.165) is 45.0 Å². The lowest BCUT2D eigenvalue weighted by molar-refractivity contribution is -0.113. The smallest absolute Gasteiger partial charge is 0.104 e. The van der Waals surface area contributed by atoms with E-state index in [-0.39, 0.29) is 12.1 Å². The summed E-state index contributed by atoms with van der Waals surface area (Å²) in [5.41, 5.74) is 1.17. The summed E-state index contributed by atoms with van der Waals surface area (Å²) in [5.74, 6) is 0. The normalized spacial score (nSPS) is 23.2. The summed E-state index contributed by atoms with van der Waals surface area (Å²) in [5, 5.41) is 12.0. The summed E-state index contributed by atoms with van der Waals surface area (Å²) in [6.07, 6.45) is 0. The maximum atomic E-state index is 12.0. The average Bonchev–Trinajstić information content (AvgIpc) is 2.79. The first-order valence-electron chi connectivity index (χ1n) is 10.6. The minimum Gasteiger partial charge on any atom is -0.384 e. The molecule has 3 atom stereocenters. The van der Waals surface area contributed by atoms with E-state index in [4.69, 9.17) is 9.47 Å². The van der Waals surface area contributed by atoms with Crippen molar-refractivity contribution in [2.75, 3.05) is 52.6 Å². The van der Waals surface area contributed by atoms with Gasteiger partial charge >= 0.3 is 0 Å². The molecule has 2 saturated heterocycles. The number of ether oxygens (including phenoxy) is 2. The van der Waals surface area contributed by atoms with Crippen LogP contribution in [0, 0.1) is 0 Å². The van der Waals surface area contributed by atoms with E-state index in [2.05, 4.69) is 40.1 Å². The number of benzene rings is 2. The zero-order valence-corrected chi connectivity index (χ0v) is 17.2. The third kappa shape index (κ3) is 4.55. The van der Waals surface area contributed by atoms with Crippen LogP contribution in [0.1, 0.15) is 24.1 Å². The highest BCUT2D eigenvalue weighted by atomic mass is 16.5. The second kappa shape index (κ2) is 9.37. The Kier molecular flexibility index (Phi) is 6.63. The van der Waals surface area contributed by atoms with Crippen LogP contribution in [0.5, 0.6) is 0 Å². The Morgan fingerprint density at radius 2 is 1.24 bits per heavy atom. The monoisotopic (exact) mass is 396 g/mol. The predicted octanol–water partition coefficient (Wildman–Crippen LogP) is 2.67. The fourth-order valence-electron chi connectivity index (χ4n) is 4.76. The van der Waals surface area contributed by atoms with Gasteiger partial charge in [0.25, 0.3) is 0 Å². The number of morpholine rings is 2. The Morgan fingerprint density at radius 3 is 1.79 bits per heavy atom.